The summed E-state index contributed by atoms with van der Waals surface area (Å²) < 4.78 is 32.6. The maximum atomic E-state index is 12.4. The molecular formula is C46H89O10P. The van der Waals surface area contributed by atoms with Gasteiger partial charge in [-0.3, -0.25) is 18.6 Å². The molecule has 3 unspecified atom stereocenters. The van der Waals surface area contributed by atoms with Crippen LogP contribution in [0.4, 0.5) is 0 Å². The monoisotopic (exact) mass is 833 g/mol. The molecule has 0 bridgehead atoms. The number of rotatable bonds is 45. The summed E-state index contributed by atoms with van der Waals surface area (Å²) in [6.07, 6.45) is 41.8. The number of esters is 2. The van der Waals surface area contributed by atoms with Crippen LogP contribution in [0.3, 0.4) is 0 Å². The number of phosphoric acid groups is 1. The van der Waals surface area contributed by atoms with Gasteiger partial charge < -0.3 is 24.6 Å². The molecule has 0 aromatic heterocycles. The molecule has 11 heteroatoms. The lowest BCUT2D eigenvalue weighted by Gasteiger charge is -2.20. The first kappa shape index (κ1) is 55.7. The largest absolute Gasteiger partial charge is 0.472 e. The molecule has 0 rings (SSSR count). The zero-order valence-electron chi connectivity index (χ0n) is 36.8. The molecule has 0 heterocycles. The van der Waals surface area contributed by atoms with Gasteiger partial charge in [0.25, 0.3) is 0 Å². The van der Waals surface area contributed by atoms with Gasteiger partial charge in [0.1, 0.15) is 12.2 Å². The molecule has 0 radical (unpaired) electrons. The molecule has 0 spiro atoms. The molecule has 0 fully saturated rings. The van der Waals surface area contributed by atoms with Crippen LogP contribution in [0.1, 0.15) is 232 Å². The molecule has 0 aliphatic heterocycles. The van der Waals surface area contributed by atoms with E-state index >= 15 is 0 Å². The average Bonchev–Trinajstić information content (AvgIpc) is 3.20. The highest BCUT2D eigenvalue weighted by Crippen LogP contribution is 2.43. The second kappa shape index (κ2) is 42.8. The average molecular weight is 833 g/mol. The Morgan fingerprint density at radius 3 is 1.00 bits per heavy atom. The van der Waals surface area contributed by atoms with Crippen molar-refractivity contribution in [2.45, 2.75) is 244 Å². The van der Waals surface area contributed by atoms with E-state index in [1.165, 1.54) is 154 Å². The van der Waals surface area contributed by atoms with Gasteiger partial charge in [0, 0.05) is 12.8 Å². The summed E-state index contributed by atoms with van der Waals surface area (Å²) in [4.78, 5) is 34.6. The number of carbonyl (C=O) groups excluding carboxylic acids is 2. The van der Waals surface area contributed by atoms with Gasteiger partial charge in [-0.15, -0.1) is 0 Å². The summed E-state index contributed by atoms with van der Waals surface area (Å²) in [5.74, 6) is -1.01. The summed E-state index contributed by atoms with van der Waals surface area (Å²) in [5.41, 5.74) is 0. The van der Waals surface area contributed by atoms with Crippen LogP contribution in [0, 0.1) is 0 Å². The van der Waals surface area contributed by atoms with Crippen LogP contribution in [-0.4, -0.2) is 65.7 Å². The third-order valence-corrected chi connectivity index (χ3v) is 11.4. The lowest BCUT2D eigenvalue weighted by Crippen LogP contribution is -2.28. The lowest BCUT2D eigenvalue weighted by atomic mass is 10.0. The SMILES string of the molecule is CCCCCCCC/C=C\CCCCCCCCCCCC(=O)OC(CO)COP(=O)(O)OCC(CO)OC(=O)CCCCCCCCCCCCCCCCC. The van der Waals surface area contributed by atoms with E-state index in [4.69, 9.17) is 18.5 Å². The summed E-state index contributed by atoms with van der Waals surface area (Å²) >= 11 is 0. The number of unbranched alkanes of at least 4 members (excludes halogenated alkanes) is 29. The second-order valence-electron chi connectivity index (χ2n) is 16.1. The Balaban J connectivity index is 3.85. The standard InChI is InChI=1S/C46H89O10P/c1-3-5-7-9-11-13-15-17-19-20-21-22-24-26-28-30-32-34-36-38-46(50)56-44(40-48)42-54-57(51,52)53-41-43(39-47)55-45(49)37-35-33-31-29-27-25-23-18-16-14-12-10-8-6-4-2/h17,19,43-44,47-48H,3-16,18,20-42H2,1-2H3,(H,51,52)/b19-17-. The summed E-state index contributed by atoms with van der Waals surface area (Å²) in [5, 5.41) is 19.2. The fourth-order valence-corrected chi connectivity index (χ4v) is 7.60. The Morgan fingerprint density at radius 1 is 0.456 bits per heavy atom. The van der Waals surface area contributed by atoms with Crippen LogP contribution in [0.5, 0.6) is 0 Å². The molecule has 0 aliphatic carbocycles. The Labute approximate surface area is 349 Å². The van der Waals surface area contributed by atoms with Crippen molar-refractivity contribution < 1.29 is 47.8 Å². The van der Waals surface area contributed by atoms with Crippen molar-refractivity contribution in [2.75, 3.05) is 26.4 Å². The molecule has 3 atom stereocenters. The number of hydrogen-bond donors (Lipinski definition) is 3. The Kier molecular flexibility index (Phi) is 41.9. The Morgan fingerprint density at radius 2 is 0.719 bits per heavy atom. The van der Waals surface area contributed by atoms with Crippen molar-refractivity contribution in [3.8, 4) is 0 Å². The summed E-state index contributed by atoms with van der Waals surface area (Å²) in [6, 6.07) is 0. The van der Waals surface area contributed by atoms with Gasteiger partial charge in [0.2, 0.25) is 0 Å². The van der Waals surface area contributed by atoms with Crippen molar-refractivity contribution in [3.63, 3.8) is 0 Å². The molecule has 0 aromatic carbocycles. The topological polar surface area (TPSA) is 149 Å². The second-order valence-corrected chi connectivity index (χ2v) is 17.6. The van der Waals surface area contributed by atoms with Crippen LogP contribution in [0.15, 0.2) is 12.2 Å². The zero-order valence-corrected chi connectivity index (χ0v) is 37.7. The van der Waals surface area contributed by atoms with Gasteiger partial charge in [0.05, 0.1) is 26.4 Å². The maximum absolute atomic E-state index is 12.4. The first-order chi connectivity index (χ1) is 27.8. The van der Waals surface area contributed by atoms with Crippen molar-refractivity contribution in [3.05, 3.63) is 12.2 Å². The van der Waals surface area contributed by atoms with E-state index in [1.54, 1.807) is 0 Å². The van der Waals surface area contributed by atoms with Crippen molar-refractivity contribution in [1.82, 2.24) is 0 Å². The predicted octanol–water partition coefficient (Wildman–Crippen LogP) is 12.8. The van der Waals surface area contributed by atoms with Gasteiger partial charge in [-0.05, 0) is 38.5 Å². The van der Waals surface area contributed by atoms with E-state index in [0.29, 0.717) is 12.8 Å². The minimum Gasteiger partial charge on any atom is -0.457 e. The number of allylic oxidation sites excluding steroid dienone is 2. The number of phosphoric ester groups is 1. The van der Waals surface area contributed by atoms with E-state index in [-0.39, 0.29) is 12.8 Å². The quantitative estimate of drug-likeness (QED) is 0.0234. The van der Waals surface area contributed by atoms with Gasteiger partial charge in [-0.25, -0.2) is 4.57 Å². The number of hydrogen-bond acceptors (Lipinski definition) is 9. The van der Waals surface area contributed by atoms with Crippen LogP contribution >= 0.6 is 7.82 Å². The summed E-state index contributed by atoms with van der Waals surface area (Å²) in [6.45, 7) is 2.24. The van der Waals surface area contributed by atoms with E-state index in [0.717, 1.165) is 38.5 Å². The first-order valence-corrected chi connectivity index (χ1v) is 25.1. The third kappa shape index (κ3) is 41.2. The molecule has 0 amide bonds. The van der Waals surface area contributed by atoms with Gasteiger partial charge in [-0.2, -0.15) is 0 Å². The van der Waals surface area contributed by atoms with Crippen LogP contribution in [0.25, 0.3) is 0 Å². The van der Waals surface area contributed by atoms with E-state index in [1.807, 2.05) is 0 Å². The predicted molar refractivity (Wildman–Crippen MR) is 233 cm³/mol. The van der Waals surface area contributed by atoms with Crippen molar-refractivity contribution >= 4 is 19.8 Å². The Hall–Kier alpha value is -1.29. The molecule has 0 aliphatic rings. The number of aliphatic hydroxyl groups excluding tert-OH is 2. The van der Waals surface area contributed by atoms with E-state index < -0.39 is 58.4 Å². The number of ether oxygens (including phenoxy) is 2. The first-order valence-electron chi connectivity index (χ1n) is 23.6. The highest BCUT2D eigenvalue weighted by atomic mass is 31.2. The molecule has 0 saturated heterocycles. The van der Waals surface area contributed by atoms with Crippen molar-refractivity contribution in [2.24, 2.45) is 0 Å². The normalized spacial score (nSPS) is 13.8. The number of aliphatic hydroxyl groups is 2. The highest BCUT2D eigenvalue weighted by Gasteiger charge is 2.27. The summed E-state index contributed by atoms with van der Waals surface area (Å²) in [7, 11) is -4.63. The highest BCUT2D eigenvalue weighted by molar-refractivity contribution is 7.47. The lowest BCUT2D eigenvalue weighted by molar-refractivity contribution is -0.153. The molecule has 57 heavy (non-hydrogen) atoms. The molecule has 0 aromatic rings. The van der Waals surface area contributed by atoms with Crippen LogP contribution in [-0.2, 0) is 32.7 Å². The molecule has 338 valence electrons. The molecule has 0 saturated carbocycles. The zero-order chi connectivity index (χ0) is 41.9. The molecule has 3 N–H and O–H groups in total. The van der Waals surface area contributed by atoms with Crippen molar-refractivity contribution in [1.29, 1.82) is 0 Å². The fraction of sp³-hybridized carbons (Fsp3) is 0.913. The maximum Gasteiger partial charge on any atom is 0.472 e. The van der Waals surface area contributed by atoms with Gasteiger partial charge in [-0.1, -0.05) is 193 Å². The van der Waals surface area contributed by atoms with Crippen LogP contribution < -0.4 is 0 Å². The smallest absolute Gasteiger partial charge is 0.457 e. The van der Waals surface area contributed by atoms with Gasteiger partial charge >= 0.3 is 19.8 Å². The Bertz CT molecular complexity index is 961. The van der Waals surface area contributed by atoms with Crippen LogP contribution in [0.2, 0.25) is 0 Å². The number of carbonyl (C=O) groups is 2. The molecular weight excluding hydrogens is 743 g/mol. The minimum absolute atomic E-state index is 0.194. The molecule has 10 nitrogen and oxygen atoms in total. The van der Waals surface area contributed by atoms with Gasteiger partial charge in [0.15, 0.2) is 0 Å². The minimum atomic E-state index is -4.63. The van der Waals surface area contributed by atoms with E-state index in [9.17, 15) is 29.3 Å². The fourth-order valence-electron chi connectivity index (χ4n) is 6.82. The van der Waals surface area contributed by atoms with E-state index in [2.05, 4.69) is 26.0 Å². The third-order valence-electron chi connectivity index (χ3n) is 10.5.